The normalized spacial score (nSPS) is 21.2. The number of nitrogens with one attached hydrogen (secondary N) is 2. The number of nitrogens with zero attached hydrogens (tertiary/aromatic N) is 6. The summed E-state index contributed by atoms with van der Waals surface area (Å²) in [4.78, 5) is 20.4. The number of hydrogen-bond acceptors (Lipinski definition) is 7. The molecule has 0 radical (unpaired) electrons. The standard InChI is InChI=1S/C19H21N9O/c1-11(29)25-19(2)9-12(10-19)22-18-24-17(20)16-13(4-7-28(16)26-18)14-5-8-27-15(23-14)3-6-21-27/h3-8,12H,9-10H2,1-2H3,(H,25,29)(H3,20,22,24,26). The second-order valence-electron chi connectivity index (χ2n) is 7.78. The molecule has 4 aromatic rings. The molecule has 10 nitrogen and oxygen atoms in total. The molecule has 0 aliphatic heterocycles. The van der Waals surface area contributed by atoms with Gasteiger partial charge in [0, 0.05) is 42.5 Å². The van der Waals surface area contributed by atoms with E-state index in [1.165, 1.54) is 6.92 Å². The molecule has 29 heavy (non-hydrogen) atoms. The SMILES string of the molecule is CC(=O)NC1(C)CC(Nc2nc(N)c3c(-c4ccn5nccc5n4)ccn3n2)C1. The van der Waals surface area contributed by atoms with Crippen LogP contribution in [0.1, 0.15) is 26.7 Å². The number of carbonyl (C=O) groups excluding carboxylic acids is 1. The fraction of sp³-hybridized carbons (Fsp3) is 0.316. The van der Waals surface area contributed by atoms with E-state index in [1.807, 2.05) is 37.5 Å². The first-order valence-corrected chi connectivity index (χ1v) is 9.41. The molecule has 10 heteroatoms. The number of fused-ring (bicyclic) bond motifs is 2. The Bertz CT molecular complexity index is 1240. The van der Waals surface area contributed by atoms with Crippen LogP contribution in [0.5, 0.6) is 0 Å². The van der Waals surface area contributed by atoms with Crippen LogP contribution < -0.4 is 16.4 Å². The van der Waals surface area contributed by atoms with Crippen molar-refractivity contribution in [2.75, 3.05) is 11.1 Å². The van der Waals surface area contributed by atoms with Crippen LogP contribution in [0.2, 0.25) is 0 Å². The first-order valence-electron chi connectivity index (χ1n) is 9.41. The number of carbonyl (C=O) groups is 1. The van der Waals surface area contributed by atoms with Crippen LogP contribution in [0.3, 0.4) is 0 Å². The number of nitrogens with two attached hydrogens (primary N) is 1. The van der Waals surface area contributed by atoms with Crippen molar-refractivity contribution < 1.29 is 4.79 Å². The van der Waals surface area contributed by atoms with Crippen LogP contribution in [0.4, 0.5) is 11.8 Å². The van der Waals surface area contributed by atoms with Crippen LogP contribution >= 0.6 is 0 Å². The zero-order chi connectivity index (χ0) is 20.2. The smallest absolute Gasteiger partial charge is 0.243 e. The lowest BCUT2D eigenvalue weighted by atomic mass is 9.74. The summed E-state index contributed by atoms with van der Waals surface area (Å²) >= 11 is 0. The highest BCUT2D eigenvalue weighted by Gasteiger charge is 2.41. The molecular formula is C19H21N9O. The molecule has 0 aromatic carbocycles. The van der Waals surface area contributed by atoms with Crippen LogP contribution in [-0.2, 0) is 4.79 Å². The maximum atomic E-state index is 11.3. The molecule has 0 spiro atoms. The highest BCUT2D eigenvalue weighted by molar-refractivity contribution is 5.86. The van der Waals surface area contributed by atoms with Gasteiger partial charge in [-0.05, 0) is 31.9 Å². The Hall–Kier alpha value is -3.69. The van der Waals surface area contributed by atoms with E-state index in [4.69, 9.17) is 5.73 Å². The number of nitrogen functional groups attached to an aromatic ring is 1. The van der Waals surface area contributed by atoms with Crippen molar-refractivity contribution in [3.8, 4) is 11.3 Å². The molecule has 5 rings (SSSR count). The second kappa shape index (κ2) is 6.16. The minimum Gasteiger partial charge on any atom is -0.382 e. The van der Waals surface area contributed by atoms with Gasteiger partial charge in [0.1, 0.15) is 5.52 Å². The molecule has 1 aliphatic carbocycles. The number of amides is 1. The Morgan fingerprint density at radius 1 is 1.21 bits per heavy atom. The monoisotopic (exact) mass is 391 g/mol. The lowest BCUT2D eigenvalue weighted by Gasteiger charge is -2.45. The summed E-state index contributed by atoms with van der Waals surface area (Å²) in [5.74, 6) is 0.823. The van der Waals surface area contributed by atoms with Gasteiger partial charge in [-0.15, -0.1) is 5.10 Å². The summed E-state index contributed by atoms with van der Waals surface area (Å²) < 4.78 is 3.42. The van der Waals surface area contributed by atoms with E-state index >= 15 is 0 Å². The molecule has 0 atom stereocenters. The van der Waals surface area contributed by atoms with Gasteiger partial charge in [0.15, 0.2) is 11.5 Å². The largest absolute Gasteiger partial charge is 0.382 e. The van der Waals surface area contributed by atoms with E-state index in [0.717, 1.165) is 29.7 Å². The first-order chi connectivity index (χ1) is 13.9. The van der Waals surface area contributed by atoms with Crippen LogP contribution in [-0.4, -0.2) is 46.7 Å². The average molecular weight is 391 g/mol. The molecular weight excluding hydrogens is 370 g/mol. The van der Waals surface area contributed by atoms with Gasteiger partial charge in [0.05, 0.1) is 11.9 Å². The lowest BCUT2D eigenvalue weighted by Crippen LogP contribution is -2.59. The van der Waals surface area contributed by atoms with Crippen molar-refractivity contribution in [1.29, 1.82) is 0 Å². The summed E-state index contributed by atoms with van der Waals surface area (Å²) in [6.45, 7) is 3.57. The second-order valence-corrected chi connectivity index (χ2v) is 7.78. The van der Waals surface area contributed by atoms with E-state index in [-0.39, 0.29) is 17.5 Å². The highest BCUT2D eigenvalue weighted by Crippen LogP contribution is 2.34. The summed E-state index contributed by atoms with van der Waals surface area (Å²) in [5, 5.41) is 15.0. The summed E-state index contributed by atoms with van der Waals surface area (Å²) in [6.07, 6.45) is 7.02. The third kappa shape index (κ3) is 3.02. The van der Waals surface area contributed by atoms with E-state index < -0.39 is 0 Å². The number of rotatable bonds is 4. The molecule has 0 bridgehead atoms. The van der Waals surface area contributed by atoms with Crippen molar-refractivity contribution in [1.82, 2.24) is 34.5 Å². The van der Waals surface area contributed by atoms with E-state index in [9.17, 15) is 4.79 Å². The Kier molecular flexibility index (Phi) is 3.70. The number of aromatic nitrogens is 6. The van der Waals surface area contributed by atoms with Gasteiger partial charge >= 0.3 is 0 Å². The zero-order valence-electron chi connectivity index (χ0n) is 16.1. The fourth-order valence-electron chi connectivity index (χ4n) is 4.12. The fourth-order valence-corrected chi connectivity index (χ4v) is 4.12. The van der Waals surface area contributed by atoms with Crippen LogP contribution in [0.15, 0.2) is 36.8 Å². The lowest BCUT2D eigenvalue weighted by molar-refractivity contribution is -0.121. The Labute approximate surface area is 166 Å². The molecule has 1 amide bonds. The summed E-state index contributed by atoms with van der Waals surface area (Å²) in [7, 11) is 0. The van der Waals surface area contributed by atoms with Gasteiger partial charge in [-0.3, -0.25) is 4.79 Å². The number of hydrogen-bond donors (Lipinski definition) is 3. The zero-order valence-corrected chi connectivity index (χ0v) is 16.1. The Morgan fingerprint density at radius 2 is 2.00 bits per heavy atom. The van der Waals surface area contributed by atoms with E-state index in [2.05, 4.69) is 30.8 Å². The molecule has 148 valence electrons. The van der Waals surface area contributed by atoms with Crippen molar-refractivity contribution in [3.63, 3.8) is 0 Å². The average Bonchev–Trinajstić information content (AvgIpc) is 3.25. The van der Waals surface area contributed by atoms with E-state index in [1.54, 1.807) is 15.2 Å². The Balaban J connectivity index is 1.41. The minimum atomic E-state index is -0.183. The van der Waals surface area contributed by atoms with Crippen molar-refractivity contribution in [3.05, 3.63) is 36.8 Å². The highest BCUT2D eigenvalue weighted by atomic mass is 16.1. The molecule has 4 aromatic heterocycles. The molecule has 4 N–H and O–H groups in total. The molecule has 0 unspecified atom stereocenters. The van der Waals surface area contributed by atoms with Gasteiger partial charge < -0.3 is 16.4 Å². The molecule has 4 heterocycles. The van der Waals surface area contributed by atoms with Crippen LogP contribution in [0.25, 0.3) is 22.4 Å². The molecule has 1 fully saturated rings. The van der Waals surface area contributed by atoms with Gasteiger partial charge in [-0.2, -0.15) is 10.1 Å². The molecule has 1 saturated carbocycles. The van der Waals surface area contributed by atoms with Gasteiger partial charge in [-0.1, -0.05) is 0 Å². The number of anilines is 2. The van der Waals surface area contributed by atoms with Crippen LogP contribution in [0, 0.1) is 0 Å². The maximum absolute atomic E-state index is 11.3. The summed E-state index contributed by atoms with van der Waals surface area (Å²) in [6, 6.07) is 5.84. The van der Waals surface area contributed by atoms with Crippen molar-refractivity contribution in [2.45, 2.75) is 38.3 Å². The third-order valence-electron chi connectivity index (χ3n) is 5.28. The molecule has 1 aliphatic rings. The summed E-state index contributed by atoms with van der Waals surface area (Å²) in [5.41, 5.74) is 9.20. The Morgan fingerprint density at radius 3 is 2.79 bits per heavy atom. The predicted octanol–water partition coefficient (Wildman–Crippen LogP) is 1.49. The minimum absolute atomic E-state index is 0.0181. The van der Waals surface area contributed by atoms with Crippen molar-refractivity contribution >= 4 is 28.8 Å². The molecule has 0 saturated heterocycles. The maximum Gasteiger partial charge on any atom is 0.243 e. The van der Waals surface area contributed by atoms with Crippen molar-refractivity contribution in [2.24, 2.45) is 0 Å². The quantitative estimate of drug-likeness (QED) is 0.481. The topological polar surface area (TPSA) is 128 Å². The van der Waals surface area contributed by atoms with Gasteiger partial charge in [-0.25, -0.2) is 14.0 Å². The third-order valence-corrected chi connectivity index (χ3v) is 5.28. The van der Waals surface area contributed by atoms with E-state index in [0.29, 0.717) is 17.3 Å². The first kappa shape index (κ1) is 17.4. The van der Waals surface area contributed by atoms with Gasteiger partial charge in [0.2, 0.25) is 11.9 Å². The predicted molar refractivity (Wildman–Crippen MR) is 108 cm³/mol. The van der Waals surface area contributed by atoms with Gasteiger partial charge in [0.25, 0.3) is 0 Å².